The zero-order valence-corrected chi connectivity index (χ0v) is 23.2. The topological polar surface area (TPSA) is 61.4 Å². The van der Waals surface area contributed by atoms with Crippen molar-refractivity contribution in [2.45, 2.75) is 76.7 Å². The van der Waals surface area contributed by atoms with Gasteiger partial charge in [-0.25, -0.2) is 17.3 Å². The molecule has 1 aliphatic carbocycles. The Morgan fingerprint density at radius 1 is 1.13 bits per heavy atom. The molecule has 4 rings (SSSR count). The van der Waals surface area contributed by atoms with Crippen molar-refractivity contribution in [2.75, 3.05) is 30.7 Å². The van der Waals surface area contributed by atoms with Crippen LogP contribution in [0.4, 0.5) is 14.5 Å². The third-order valence-corrected chi connectivity index (χ3v) is 9.74. The Kier molecular flexibility index (Phi) is 10.8. The zero-order chi connectivity index (χ0) is 26.9. The number of halogens is 2. The van der Waals surface area contributed by atoms with Crippen LogP contribution in [0.5, 0.6) is 0 Å². The maximum absolute atomic E-state index is 15.0. The first kappa shape index (κ1) is 28.8. The molecule has 38 heavy (non-hydrogen) atoms. The number of amides is 1. The summed E-state index contributed by atoms with van der Waals surface area (Å²) in [6.45, 7) is 4.25. The first-order chi connectivity index (χ1) is 18.5. The standard InChI is InChI=1S/C30H41F2N3O2S/c1-2-19-38(37)35-18-17-33-21-25(35)15-16-26-28(32)9-6-10-29(26)34-30(36)20-27(22-7-4-3-5-8-22)23-11-13-24(31)14-12-23/h6,9-14,22,25,27,33H,2-5,7-8,15-21H2,1H3,(H,34,36). The van der Waals surface area contributed by atoms with Gasteiger partial charge >= 0.3 is 0 Å². The van der Waals surface area contributed by atoms with E-state index in [1.165, 1.54) is 24.6 Å². The van der Waals surface area contributed by atoms with Crippen molar-refractivity contribution in [3.05, 3.63) is 65.2 Å². The largest absolute Gasteiger partial charge is 0.326 e. The first-order valence-corrected chi connectivity index (χ1v) is 15.4. The van der Waals surface area contributed by atoms with Crippen molar-refractivity contribution in [3.63, 3.8) is 0 Å². The van der Waals surface area contributed by atoms with Crippen LogP contribution in [0.25, 0.3) is 0 Å². The van der Waals surface area contributed by atoms with Gasteiger partial charge in [0.2, 0.25) is 5.91 Å². The summed E-state index contributed by atoms with van der Waals surface area (Å²) in [6, 6.07) is 11.4. The Hall–Kier alpha value is -2.16. The quantitative estimate of drug-likeness (QED) is 0.368. The molecule has 1 aliphatic heterocycles. The molecule has 2 aromatic rings. The molecule has 1 saturated carbocycles. The molecule has 0 bridgehead atoms. The van der Waals surface area contributed by atoms with E-state index in [2.05, 4.69) is 10.6 Å². The average molecular weight is 546 g/mol. The lowest BCUT2D eigenvalue weighted by molar-refractivity contribution is -0.116. The molecule has 1 saturated heterocycles. The summed E-state index contributed by atoms with van der Waals surface area (Å²) in [4.78, 5) is 13.3. The summed E-state index contributed by atoms with van der Waals surface area (Å²) < 4.78 is 43.4. The van der Waals surface area contributed by atoms with E-state index in [1.54, 1.807) is 24.3 Å². The van der Waals surface area contributed by atoms with Crippen LogP contribution in [0, 0.1) is 17.6 Å². The van der Waals surface area contributed by atoms with Crippen LogP contribution in [0.1, 0.15) is 75.3 Å². The van der Waals surface area contributed by atoms with Crippen LogP contribution in [0.15, 0.2) is 42.5 Å². The monoisotopic (exact) mass is 545 g/mol. The second-order valence-electron chi connectivity index (χ2n) is 10.6. The van der Waals surface area contributed by atoms with Crippen LogP contribution >= 0.6 is 0 Å². The minimum absolute atomic E-state index is 0.00308. The molecule has 2 aliphatic rings. The Bertz CT molecular complexity index is 1080. The fourth-order valence-electron chi connectivity index (χ4n) is 5.99. The predicted molar refractivity (Wildman–Crippen MR) is 150 cm³/mol. The Morgan fingerprint density at radius 2 is 1.89 bits per heavy atom. The van der Waals surface area contributed by atoms with Gasteiger partial charge in [-0.1, -0.05) is 44.4 Å². The summed E-state index contributed by atoms with van der Waals surface area (Å²) in [7, 11) is -1.04. The van der Waals surface area contributed by atoms with Crippen molar-refractivity contribution < 1.29 is 17.8 Å². The molecule has 8 heteroatoms. The van der Waals surface area contributed by atoms with Crippen LogP contribution in [0.2, 0.25) is 0 Å². The molecule has 2 aromatic carbocycles. The van der Waals surface area contributed by atoms with Crippen molar-refractivity contribution in [1.82, 2.24) is 9.62 Å². The number of piperazine rings is 1. The van der Waals surface area contributed by atoms with E-state index in [-0.39, 0.29) is 35.9 Å². The lowest BCUT2D eigenvalue weighted by Crippen LogP contribution is -2.52. The van der Waals surface area contributed by atoms with Crippen LogP contribution < -0.4 is 10.6 Å². The first-order valence-electron chi connectivity index (χ1n) is 14.1. The van der Waals surface area contributed by atoms with Crippen molar-refractivity contribution in [3.8, 4) is 0 Å². The Morgan fingerprint density at radius 3 is 2.63 bits per heavy atom. The highest BCUT2D eigenvalue weighted by Crippen LogP contribution is 2.38. The fraction of sp³-hybridized carbons (Fsp3) is 0.567. The van der Waals surface area contributed by atoms with Crippen LogP contribution in [0.3, 0.4) is 0 Å². The highest BCUT2D eigenvalue weighted by molar-refractivity contribution is 7.82. The summed E-state index contributed by atoms with van der Waals surface area (Å²) in [5.74, 6) is 0.240. The molecule has 0 radical (unpaired) electrons. The smallest absolute Gasteiger partial charge is 0.225 e. The molecule has 0 spiro atoms. The number of hydrogen-bond acceptors (Lipinski definition) is 3. The van der Waals surface area contributed by atoms with Gasteiger partial charge in [0, 0.05) is 49.1 Å². The maximum Gasteiger partial charge on any atom is 0.225 e. The van der Waals surface area contributed by atoms with Gasteiger partial charge in [-0.2, -0.15) is 0 Å². The van der Waals surface area contributed by atoms with E-state index in [4.69, 9.17) is 0 Å². The molecule has 208 valence electrons. The summed E-state index contributed by atoms with van der Waals surface area (Å²) in [6.07, 6.45) is 7.85. The molecule has 3 atom stereocenters. The Labute approximate surface area is 228 Å². The van der Waals surface area contributed by atoms with Crippen molar-refractivity contribution >= 4 is 22.6 Å². The fourth-order valence-corrected chi connectivity index (χ4v) is 7.38. The molecule has 1 heterocycles. The number of carbonyl (C=O) groups excluding carboxylic acids is 1. The third-order valence-electron chi connectivity index (χ3n) is 7.98. The maximum atomic E-state index is 15.0. The van der Waals surface area contributed by atoms with Gasteiger partial charge in [0.15, 0.2) is 0 Å². The molecule has 2 fully saturated rings. The minimum Gasteiger partial charge on any atom is -0.326 e. The SMILES string of the molecule is CCCS(=O)N1CCNCC1CCc1c(F)cccc1NC(=O)CC(c1ccc(F)cc1)C1CCCCC1. The number of hydrogen-bond donors (Lipinski definition) is 2. The molecular formula is C30H41F2N3O2S. The van der Waals surface area contributed by atoms with Gasteiger partial charge in [-0.05, 0) is 73.8 Å². The molecule has 0 aromatic heterocycles. The van der Waals surface area contributed by atoms with Gasteiger partial charge in [0.05, 0.1) is 11.0 Å². The zero-order valence-electron chi connectivity index (χ0n) is 22.4. The van der Waals surface area contributed by atoms with E-state index in [0.717, 1.165) is 44.2 Å². The normalized spacial score (nSPS) is 20.7. The van der Waals surface area contributed by atoms with E-state index >= 15 is 4.39 Å². The average Bonchev–Trinajstić information content (AvgIpc) is 2.93. The van der Waals surface area contributed by atoms with E-state index < -0.39 is 11.0 Å². The van der Waals surface area contributed by atoms with Gasteiger partial charge in [-0.15, -0.1) is 0 Å². The third kappa shape index (κ3) is 7.70. The number of nitrogens with one attached hydrogen (secondary N) is 2. The molecule has 3 unspecified atom stereocenters. The molecule has 5 nitrogen and oxygen atoms in total. The molecule has 1 amide bonds. The number of benzene rings is 2. The lowest BCUT2D eigenvalue weighted by Gasteiger charge is -2.35. The van der Waals surface area contributed by atoms with E-state index in [1.807, 2.05) is 11.2 Å². The van der Waals surface area contributed by atoms with Gasteiger partial charge in [0.1, 0.15) is 11.6 Å². The van der Waals surface area contributed by atoms with Gasteiger partial charge < -0.3 is 10.6 Å². The second kappa shape index (κ2) is 14.3. The minimum atomic E-state index is -1.04. The van der Waals surface area contributed by atoms with E-state index in [0.29, 0.717) is 48.9 Å². The number of anilines is 1. The number of rotatable bonds is 11. The summed E-state index contributed by atoms with van der Waals surface area (Å²) >= 11 is 0. The number of nitrogens with zero attached hydrogens (tertiary/aromatic N) is 1. The summed E-state index contributed by atoms with van der Waals surface area (Å²) in [5, 5.41) is 6.37. The summed E-state index contributed by atoms with van der Waals surface area (Å²) in [5.41, 5.74) is 1.98. The van der Waals surface area contributed by atoms with Gasteiger partial charge in [-0.3, -0.25) is 4.79 Å². The molecule has 2 N–H and O–H groups in total. The van der Waals surface area contributed by atoms with Crippen LogP contribution in [-0.2, 0) is 22.2 Å². The van der Waals surface area contributed by atoms with Crippen LogP contribution in [-0.4, -0.2) is 45.9 Å². The van der Waals surface area contributed by atoms with E-state index in [9.17, 15) is 13.4 Å². The van der Waals surface area contributed by atoms with Crippen molar-refractivity contribution in [1.29, 1.82) is 0 Å². The Balaban J connectivity index is 1.45. The highest BCUT2D eigenvalue weighted by atomic mass is 32.2. The van der Waals surface area contributed by atoms with Crippen molar-refractivity contribution in [2.24, 2.45) is 5.92 Å². The lowest BCUT2D eigenvalue weighted by atomic mass is 9.75. The second-order valence-corrected chi connectivity index (χ2v) is 12.2. The highest BCUT2D eigenvalue weighted by Gasteiger charge is 2.29. The number of carbonyl (C=O) groups is 1. The predicted octanol–water partition coefficient (Wildman–Crippen LogP) is 5.94. The molecular weight excluding hydrogens is 504 g/mol. The van der Waals surface area contributed by atoms with Gasteiger partial charge in [0.25, 0.3) is 0 Å².